The summed E-state index contributed by atoms with van der Waals surface area (Å²) in [6, 6.07) is 3.82. The summed E-state index contributed by atoms with van der Waals surface area (Å²) in [6.07, 6.45) is 2.26. The highest BCUT2D eigenvalue weighted by atomic mass is 19.1. The topological polar surface area (TPSA) is 20.2 Å². The highest BCUT2D eigenvalue weighted by molar-refractivity contribution is 5.22. The monoisotopic (exact) mass is 226 g/mol. The van der Waals surface area contributed by atoms with E-state index in [2.05, 4.69) is 6.92 Å². The van der Waals surface area contributed by atoms with E-state index in [0.29, 0.717) is 18.8 Å². The van der Waals surface area contributed by atoms with Gasteiger partial charge in [-0.15, -0.1) is 0 Å². The molecule has 0 spiro atoms. The molecule has 2 unspecified atom stereocenters. The van der Waals surface area contributed by atoms with Crippen LogP contribution in [-0.2, 0) is 6.42 Å². The standard InChI is InChI=1S/C13H16F2O/c1-9-5-6-13(16,7-9)8-10-11(14)3-2-4-12(10)15/h2-4,9,16H,5-8H2,1H3. The van der Waals surface area contributed by atoms with Crippen LogP contribution in [-0.4, -0.2) is 10.7 Å². The van der Waals surface area contributed by atoms with E-state index >= 15 is 0 Å². The number of halogens is 2. The highest BCUT2D eigenvalue weighted by Crippen LogP contribution is 2.37. The third-order valence-electron chi connectivity index (χ3n) is 3.40. The first-order valence-electron chi connectivity index (χ1n) is 5.65. The summed E-state index contributed by atoms with van der Waals surface area (Å²) < 4.78 is 26.8. The Morgan fingerprint density at radius 2 is 2.00 bits per heavy atom. The van der Waals surface area contributed by atoms with Gasteiger partial charge in [0.25, 0.3) is 0 Å². The second kappa shape index (κ2) is 4.13. The van der Waals surface area contributed by atoms with Gasteiger partial charge in [-0.2, -0.15) is 0 Å². The van der Waals surface area contributed by atoms with Crippen molar-refractivity contribution in [3.05, 3.63) is 35.4 Å². The largest absolute Gasteiger partial charge is 0.390 e. The van der Waals surface area contributed by atoms with Crippen LogP contribution >= 0.6 is 0 Å². The highest BCUT2D eigenvalue weighted by Gasteiger charge is 2.36. The molecule has 2 atom stereocenters. The van der Waals surface area contributed by atoms with Crippen molar-refractivity contribution in [2.45, 2.75) is 38.2 Å². The van der Waals surface area contributed by atoms with Crippen LogP contribution in [0.3, 0.4) is 0 Å². The van der Waals surface area contributed by atoms with E-state index in [1.54, 1.807) is 0 Å². The molecule has 1 N–H and O–H groups in total. The normalized spacial score (nSPS) is 29.6. The molecule has 1 saturated carbocycles. The molecular weight excluding hydrogens is 210 g/mol. The summed E-state index contributed by atoms with van der Waals surface area (Å²) >= 11 is 0. The molecule has 0 amide bonds. The quantitative estimate of drug-likeness (QED) is 0.821. The second-order valence-corrected chi connectivity index (χ2v) is 4.95. The van der Waals surface area contributed by atoms with Gasteiger partial charge in [0, 0.05) is 12.0 Å². The first kappa shape index (κ1) is 11.5. The van der Waals surface area contributed by atoms with Gasteiger partial charge >= 0.3 is 0 Å². The Balaban J connectivity index is 2.21. The molecule has 3 heteroatoms. The van der Waals surface area contributed by atoms with Crippen molar-refractivity contribution in [3.8, 4) is 0 Å². The lowest BCUT2D eigenvalue weighted by molar-refractivity contribution is 0.0428. The van der Waals surface area contributed by atoms with Gasteiger partial charge in [0.2, 0.25) is 0 Å². The van der Waals surface area contributed by atoms with Crippen LogP contribution < -0.4 is 0 Å². The molecule has 0 bridgehead atoms. The zero-order chi connectivity index (χ0) is 11.8. The van der Waals surface area contributed by atoms with Gasteiger partial charge in [0.1, 0.15) is 11.6 Å². The number of aliphatic hydroxyl groups is 1. The lowest BCUT2D eigenvalue weighted by Gasteiger charge is -2.23. The van der Waals surface area contributed by atoms with Crippen molar-refractivity contribution < 1.29 is 13.9 Å². The van der Waals surface area contributed by atoms with Gasteiger partial charge in [-0.1, -0.05) is 13.0 Å². The third-order valence-corrected chi connectivity index (χ3v) is 3.40. The van der Waals surface area contributed by atoms with E-state index in [4.69, 9.17) is 0 Å². The van der Waals surface area contributed by atoms with Gasteiger partial charge in [-0.05, 0) is 37.3 Å². The van der Waals surface area contributed by atoms with Crippen LogP contribution in [0.1, 0.15) is 31.7 Å². The Morgan fingerprint density at radius 3 is 2.50 bits per heavy atom. The Labute approximate surface area is 94.1 Å². The molecule has 1 aromatic carbocycles. The van der Waals surface area contributed by atoms with E-state index < -0.39 is 17.2 Å². The summed E-state index contributed by atoms with van der Waals surface area (Å²) in [5, 5.41) is 10.2. The van der Waals surface area contributed by atoms with E-state index in [1.165, 1.54) is 18.2 Å². The average Bonchev–Trinajstić information content (AvgIpc) is 2.53. The first-order chi connectivity index (χ1) is 7.50. The molecule has 0 radical (unpaired) electrons. The fourth-order valence-corrected chi connectivity index (χ4v) is 2.56. The molecule has 16 heavy (non-hydrogen) atoms. The molecule has 1 nitrogen and oxygen atoms in total. The van der Waals surface area contributed by atoms with E-state index in [-0.39, 0.29) is 12.0 Å². The van der Waals surface area contributed by atoms with Gasteiger partial charge in [0.15, 0.2) is 0 Å². The second-order valence-electron chi connectivity index (χ2n) is 4.95. The maximum Gasteiger partial charge on any atom is 0.129 e. The van der Waals surface area contributed by atoms with Crippen LogP contribution in [0.25, 0.3) is 0 Å². The maximum absolute atomic E-state index is 13.4. The third kappa shape index (κ3) is 2.24. The molecule has 1 aromatic rings. The minimum atomic E-state index is -0.928. The molecular formula is C13H16F2O. The summed E-state index contributed by atoms with van der Waals surface area (Å²) in [5.41, 5.74) is -0.915. The Bertz CT molecular complexity index is 371. The Kier molecular flexibility index (Phi) is 2.98. The zero-order valence-electron chi connectivity index (χ0n) is 9.34. The van der Waals surface area contributed by atoms with Gasteiger partial charge < -0.3 is 5.11 Å². The van der Waals surface area contributed by atoms with Crippen molar-refractivity contribution in [1.82, 2.24) is 0 Å². The summed E-state index contributed by atoms with van der Waals surface area (Å²) in [7, 11) is 0. The smallest absolute Gasteiger partial charge is 0.129 e. The Morgan fingerprint density at radius 1 is 1.38 bits per heavy atom. The zero-order valence-corrected chi connectivity index (χ0v) is 9.34. The van der Waals surface area contributed by atoms with Crippen LogP contribution in [0.2, 0.25) is 0 Å². The van der Waals surface area contributed by atoms with Gasteiger partial charge in [0.05, 0.1) is 5.60 Å². The summed E-state index contributed by atoms with van der Waals surface area (Å²) in [6.45, 7) is 2.05. The maximum atomic E-state index is 13.4. The van der Waals surface area contributed by atoms with Crippen molar-refractivity contribution in [2.24, 2.45) is 5.92 Å². The van der Waals surface area contributed by atoms with Crippen molar-refractivity contribution >= 4 is 0 Å². The predicted octanol–water partition coefficient (Wildman–Crippen LogP) is 3.06. The average molecular weight is 226 g/mol. The van der Waals surface area contributed by atoms with Gasteiger partial charge in [-0.25, -0.2) is 8.78 Å². The van der Waals surface area contributed by atoms with Crippen LogP contribution in [0.4, 0.5) is 8.78 Å². The van der Waals surface area contributed by atoms with Crippen LogP contribution in [0, 0.1) is 17.6 Å². The van der Waals surface area contributed by atoms with Crippen molar-refractivity contribution in [1.29, 1.82) is 0 Å². The fourth-order valence-electron chi connectivity index (χ4n) is 2.56. The van der Waals surface area contributed by atoms with Gasteiger partial charge in [-0.3, -0.25) is 0 Å². The lowest BCUT2D eigenvalue weighted by Crippen LogP contribution is -2.28. The van der Waals surface area contributed by atoms with E-state index in [1.807, 2.05) is 0 Å². The number of hydrogen-bond donors (Lipinski definition) is 1. The van der Waals surface area contributed by atoms with Crippen molar-refractivity contribution in [2.75, 3.05) is 0 Å². The molecule has 2 rings (SSSR count). The molecule has 0 aromatic heterocycles. The first-order valence-corrected chi connectivity index (χ1v) is 5.65. The van der Waals surface area contributed by atoms with Crippen LogP contribution in [0.5, 0.6) is 0 Å². The van der Waals surface area contributed by atoms with E-state index in [9.17, 15) is 13.9 Å². The lowest BCUT2D eigenvalue weighted by atomic mass is 9.91. The minimum absolute atomic E-state index is 0.0131. The number of hydrogen-bond acceptors (Lipinski definition) is 1. The molecule has 0 aliphatic heterocycles. The summed E-state index contributed by atoms with van der Waals surface area (Å²) in [4.78, 5) is 0. The molecule has 1 fully saturated rings. The molecule has 88 valence electrons. The molecule has 1 aliphatic rings. The number of rotatable bonds is 2. The molecule has 0 saturated heterocycles. The van der Waals surface area contributed by atoms with Crippen molar-refractivity contribution in [3.63, 3.8) is 0 Å². The predicted molar refractivity (Wildman–Crippen MR) is 58.0 cm³/mol. The SMILES string of the molecule is CC1CCC(O)(Cc2c(F)cccc2F)C1. The van der Waals surface area contributed by atoms with E-state index in [0.717, 1.165) is 6.42 Å². The molecule has 1 aliphatic carbocycles. The fraction of sp³-hybridized carbons (Fsp3) is 0.538. The summed E-state index contributed by atoms with van der Waals surface area (Å²) in [5.74, 6) is -0.694. The molecule has 0 heterocycles. The Hall–Kier alpha value is -0.960. The number of benzene rings is 1. The minimum Gasteiger partial charge on any atom is -0.390 e. The van der Waals surface area contributed by atoms with Crippen LogP contribution in [0.15, 0.2) is 18.2 Å².